The Hall–Kier alpha value is -1.40. The van der Waals surface area contributed by atoms with Gasteiger partial charge in [-0.2, -0.15) is 5.10 Å². The Kier molecular flexibility index (Phi) is 4.77. The third-order valence-corrected chi connectivity index (χ3v) is 3.85. The number of anilines is 1. The fourth-order valence-electron chi connectivity index (χ4n) is 1.76. The maximum Gasteiger partial charge on any atom is 0.227 e. The molecule has 1 N–H and O–H groups in total. The van der Waals surface area contributed by atoms with E-state index in [-0.39, 0.29) is 5.91 Å². The minimum absolute atomic E-state index is 0.108. The van der Waals surface area contributed by atoms with Gasteiger partial charge < -0.3 is 5.32 Å². The summed E-state index contributed by atoms with van der Waals surface area (Å²) in [5.41, 5.74) is 1.65. The molecule has 0 unspecified atom stereocenters. The van der Waals surface area contributed by atoms with Gasteiger partial charge in [-0.25, -0.2) is 4.98 Å². The van der Waals surface area contributed by atoms with Crippen LogP contribution in [0.15, 0.2) is 22.8 Å². The zero-order valence-electron chi connectivity index (χ0n) is 11.2. The predicted octanol–water partition coefficient (Wildman–Crippen LogP) is 3.34. The molecule has 20 heavy (non-hydrogen) atoms. The molecule has 0 bridgehead atoms. The predicted molar refractivity (Wildman–Crippen MR) is 81.9 cm³/mol. The van der Waals surface area contributed by atoms with E-state index in [1.165, 1.54) is 0 Å². The number of hydrogen-bond acceptors (Lipinski definition) is 3. The molecule has 0 aromatic carbocycles. The monoisotopic (exact) mass is 356 g/mol. The summed E-state index contributed by atoms with van der Waals surface area (Å²) >= 11 is 9.35. The molecule has 1 amide bonds. The first-order valence-corrected chi connectivity index (χ1v) is 7.25. The van der Waals surface area contributed by atoms with Gasteiger partial charge in [0, 0.05) is 17.1 Å². The number of halogens is 2. The lowest BCUT2D eigenvalue weighted by molar-refractivity contribution is -0.116. The van der Waals surface area contributed by atoms with E-state index in [2.05, 4.69) is 31.3 Å². The standard InChI is InChI=1S/C13H14BrClN4O/c1-8-13(15)9(2)19(18-8)6-5-12(20)17-11-4-3-10(14)7-16-11/h3-4,7H,5-6H2,1-2H3,(H,16,17,20). The lowest BCUT2D eigenvalue weighted by atomic mass is 10.3. The number of nitrogens with one attached hydrogen (secondary N) is 1. The van der Waals surface area contributed by atoms with Crippen molar-refractivity contribution in [2.45, 2.75) is 26.8 Å². The Bertz CT molecular complexity index is 624. The van der Waals surface area contributed by atoms with Gasteiger partial charge >= 0.3 is 0 Å². The van der Waals surface area contributed by atoms with Crippen LogP contribution in [0, 0.1) is 13.8 Å². The molecule has 0 spiro atoms. The van der Waals surface area contributed by atoms with Crippen molar-refractivity contribution >= 4 is 39.3 Å². The zero-order chi connectivity index (χ0) is 14.7. The topological polar surface area (TPSA) is 59.8 Å². The average Bonchev–Trinajstić information content (AvgIpc) is 2.66. The SMILES string of the molecule is Cc1nn(CCC(=O)Nc2ccc(Br)cn2)c(C)c1Cl. The molecule has 7 heteroatoms. The fourth-order valence-corrected chi connectivity index (χ4v) is 2.13. The van der Waals surface area contributed by atoms with Crippen LogP contribution in [-0.2, 0) is 11.3 Å². The summed E-state index contributed by atoms with van der Waals surface area (Å²) in [6.45, 7) is 4.22. The van der Waals surface area contributed by atoms with Crippen molar-refractivity contribution in [3.05, 3.63) is 39.2 Å². The van der Waals surface area contributed by atoms with Crippen molar-refractivity contribution in [2.24, 2.45) is 0 Å². The Balaban J connectivity index is 1.92. The van der Waals surface area contributed by atoms with Crippen LogP contribution in [0.2, 0.25) is 5.02 Å². The molecule has 0 aliphatic carbocycles. The number of carbonyl (C=O) groups excluding carboxylic acids is 1. The Labute approximate surface area is 130 Å². The highest BCUT2D eigenvalue weighted by atomic mass is 79.9. The lowest BCUT2D eigenvalue weighted by Crippen LogP contribution is -2.16. The second kappa shape index (κ2) is 6.37. The highest BCUT2D eigenvalue weighted by Crippen LogP contribution is 2.19. The van der Waals surface area contributed by atoms with Crippen molar-refractivity contribution in [3.63, 3.8) is 0 Å². The highest BCUT2D eigenvalue weighted by molar-refractivity contribution is 9.10. The number of hydrogen-bond donors (Lipinski definition) is 1. The number of pyridine rings is 1. The normalized spacial score (nSPS) is 10.6. The maximum absolute atomic E-state index is 11.8. The number of nitrogens with zero attached hydrogens (tertiary/aromatic N) is 3. The quantitative estimate of drug-likeness (QED) is 0.913. The summed E-state index contributed by atoms with van der Waals surface area (Å²) in [5, 5.41) is 7.67. The molecule has 0 radical (unpaired) electrons. The molecule has 0 aliphatic heterocycles. The maximum atomic E-state index is 11.8. The fraction of sp³-hybridized carbons (Fsp3) is 0.308. The van der Waals surface area contributed by atoms with Crippen LogP contribution in [-0.4, -0.2) is 20.7 Å². The van der Waals surface area contributed by atoms with Gasteiger partial charge in [-0.1, -0.05) is 11.6 Å². The lowest BCUT2D eigenvalue weighted by Gasteiger charge is -2.06. The molecule has 2 aromatic heterocycles. The Morgan fingerprint density at radius 3 is 2.75 bits per heavy atom. The van der Waals surface area contributed by atoms with Crippen LogP contribution in [0.25, 0.3) is 0 Å². The van der Waals surface area contributed by atoms with Crippen LogP contribution in [0.4, 0.5) is 5.82 Å². The van der Waals surface area contributed by atoms with E-state index < -0.39 is 0 Å². The summed E-state index contributed by atoms with van der Waals surface area (Å²) in [6, 6.07) is 3.56. The summed E-state index contributed by atoms with van der Waals surface area (Å²) in [7, 11) is 0. The van der Waals surface area contributed by atoms with Crippen molar-refractivity contribution < 1.29 is 4.79 Å². The second-order valence-electron chi connectivity index (χ2n) is 4.37. The first kappa shape index (κ1) is 15.0. The van der Waals surface area contributed by atoms with Gasteiger partial charge in [0.15, 0.2) is 0 Å². The molecule has 2 aromatic rings. The first-order chi connectivity index (χ1) is 9.47. The summed E-state index contributed by atoms with van der Waals surface area (Å²) in [5.74, 6) is 0.424. The van der Waals surface area contributed by atoms with Crippen LogP contribution >= 0.6 is 27.5 Å². The van der Waals surface area contributed by atoms with E-state index in [4.69, 9.17) is 11.6 Å². The molecule has 0 atom stereocenters. The van der Waals surface area contributed by atoms with Gasteiger partial charge in [0.25, 0.3) is 0 Å². The summed E-state index contributed by atoms with van der Waals surface area (Å²) in [4.78, 5) is 15.9. The van der Waals surface area contributed by atoms with Crippen molar-refractivity contribution in [1.29, 1.82) is 0 Å². The van der Waals surface area contributed by atoms with E-state index in [0.29, 0.717) is 23.8 Å². The minimum Gasteiger partial charge on any atom is -0.311 e. The van der Waals surface area contributed by atoms with E-state index in [0.717, 1.165) is 15.9 Å². The van der Waals surface area contributed by atoms with E-state index in [1.54, 1.807) is 16.9 Å². The van der Waals surface area contributed by atoms with E-state index >= 15 is 0 Å². The van der Waals surface area contributed by atoms with Crippen molar-refractivity contribution in [2.75, 3.05) is 5.32 Å². The van der Waals surface area contributed by atoms with Crippen LogP contribution in [0.3, 0.4) is 0 Å². The molecular weight excluding hydrogens is 344 g/mol. The van der Waals surface area contributed by atoms with Crippen molar-refractivity contribution in [3.8, 4) is 0 Å². The van der Waals surface area contributed by atoms with Gasteiger partial charge in [-0.05, 0) is 41.9 Å². The summed E-state index contributed by atoms with van der Waals surface area (Å²) < 4.78 is 2.61. The number of aromatic nitrogens is 3. The van der Waals surface area contributed by atoms with E-state index in [1.807, 2.05) is 19.9 Å². The number of rotatable bonds is 4. The van der Waals surface area contributed by atoms with Crippen molar-refractivity contribution in [1.82, 2.24) is 14.8 Å². The van der Waals surface area contributed by atoms with Gasteiger partial charge in [0.1, 0.15) is 5.82 Å². The smallest absolute Gasteiger partial charge is 0.227 e. The molecule has 2 heterocycles. The summed E-state index contributed by atoms with van der Waals surface area (Å²) in [6.07, 6.45) is 1.95. The molecule has 0 aliphatic rings. The van der Waals surface area contributed by atoms with Gasteiger partial charge in [-0.3, -0.25) is 9.48 Å². The molecule has 0 fully saturated rings. The number of carbonyl (C=O) groups is 1. The van der Waals surface area contributed by atoms with Crippen LogP contribution in [0.1, 0.15) is 17.8 Å². The van der Waals surface area contributed by atoms with Crippen LogP contribution in [0.5, 0.6) is 0 Å². The second-order valence-corrected chi connectivity index (χ2v) is 5.66. The zero-order valence-corrected chi connectivity index (χ0v) is 13.5. The van der Waals surface area contributed by atoms with Gasteiger partial charge in [0.2, 0.25) is 5.91 Å². The molecule has 0 saturated carbocycles. The molecule has 106 valence electrons. The molecule has 0 saturated heterocycles. The molecular formula is C13H14BrClN4O. The van der Waals surface area contributed by atoms with Gasteiger partial charge in [-0.15, -0.1) is 0 Å². The Morgan fingerprint density at radius 1 is 1.45 bits per heavy atom. The third kappa shape index (κ3) is 3.58. The highest BCUT2D eigenvalue weighted by Gasteiger charge is 2.10. The molecule has 5 nitrogen and oxygen atoms in total. The molecule has 2 rings (SSSR count). The number of amides is 1. The average molecular weight is 358 g/mol. The number of aryl methyl sites for hydroxylation is 2. The van der Waals surface area contributed by atoms with Gasteiger partial charge in [0.05, 0.1) is 23.0 Å². The first-order valence-electron chi connectivity index (χ1n) is 6.08. The van der Waals surface area contributed by atoms with E-state index in [9.17, 15) is 4.79 Å². The largest absolute Gasteiger partial charge is 0.311 e. The minimum atomic E-state index is -0.108. The Morgan fingerprint density at radius 2 is 2.20 bits per heavy atom. The third-order valence-electron chi connectivity index (χ3n) is 2.84. The van der Waals surface area contributed by atoms with Crippen LogP contribution < -0.4 is 5.32 Å².